The maximum atomic E-state index is 12.4. The van der Waals surface area contributed by atoms with E-state index in [0.717, 1.165) is 19.3 Å². The molecule has 1 fully saturated rings. The van der Waals surface area contributed by atoms with Gasteiger partial charge in [0.2, 0.25) is 5.91 Å². The van der Waals surface area contributed by atoms with Gasteiger partial charge in [0.15, 0.2) is 0 Å². The molecule has 0 aromatic heterocycles. The second-order valence-corrected chi connectivity index (χ2v) is 6.61. The van der Waals surface area contributed by atoms with Crippen molar-refractivity contribution >= 4 is 29.3 Å². The summed E-state index contributed by atoms with van der Waals surface area (Å²) in [5, 5.41) is 0. The highest BCUT2D eigenvalue weighted by atomic mass is 16.2. The lowest BCUT2D eigenvalue weighted by atomic mass is 10.1. The number of carbonyl (C=O) groups is 4. The van der Waals surface area contributed by atoms with Crippen LogP contribution in [0.2, 0.25) is 0 Å². The molecule has 1 aromatic rings. The predicted octanol–water partition coefficient (Wildman–Crippen LogP) is 0.663. The van der Waals surface area contributed by atoms with E-state index in [2.05, 4.69) is 17.4 Å². The van der Waals surface area contributed by atoms with Gasteiger partial charge in [-0.25, -0.2) is 0 Å². The fourth-order valence-electron chi connectivity index (χ4n) is 3.24. The summed E-state index contributed by atoms with van der Waals surface area (Å²) in [4.78, 5) is 51.1. The van der Waals surface area contributed by atoms with Gasteiger partial charge in [0.25, 0.3) is 17.7 Å². The van der Waals surface area contributed by atoms with E-state index < -0.39 is 11.8 Å². The molecule has 1 aromatic carbocycles. The van der Waals surface area contributed by atoms with Gasteiger partial charge in [0.1, 0.15) is 13.1 Å². The number of hydrogen-bond acceptors (Lipinski definition) is 4. The summed E-state index contributed by atoms with van der Waals surface area (Å²) in [6, 6.07) is 7.00. The molecule has 2 aliphatic rings. The molecule has 0 unspecified atom stereocenters. The third-order valence-electron chi connectivity index (χ3n) is 4.69. The molecule has 0 aliphatic carbocycles. The standard InChI is InChI=1S/C19H22N4O4/c1-13-14-7-4-5-8-15(14)19(27)23(13)12-17(25)21-20-16(24)11-22-10-6-2-3-9-18(22)26/h4-5,7-8H,1-3,6,9-12H2,(H,20,24)(H,21,25). The molecule has 8 nitrogen and oxygen atoms in total. The maximum Gasteiger partial charge on any atom is 0.259 e. The Kier molecular flexibility index (Phi) is 5.54. The number of nitrogens with one attached hydrogen (secondary N) is 2. The molecule has 2 N–H and O–H groups in total. The molecule has 0 saturated carbocycles. The van der Waals surface area contributed by atoms with Crippen molar-refractivity contribution in [2.75, 3.05) is 19.6 Å². The molecule has 4 amide bonds. The molecule has 0 spiro atoms. The van der Waals surface area contributed by atoms with Crippen LogP contribution in [0.4, 0.5) is 0 Å². The van der Waals surface area contributed by atoms with Gasteiger partial charge in [-0.3, -0.25) is 34.9 Å². The molecule has 2 heterocycles. The van der Waals surface area contributed by atoms with Crippen LogP contribution in [0.1, 0.15) is 41.6 Å². The smallest absolute Gasteiger partial charge is 0.259 e. The SMILES string of the molecule is C=C1c2ccccc2C(=O)N1CC(=O)NNC(=O)CN1CCCCCC1=O. The van der Waals surface area contributed by atoms with Crippen LogP contribution >= 0.6 is 0 Å². The van der Waals surface area contributed by atoms with Crippen molar-refractivity contribution in [2.45, 2.75) is 25.7 Å². The van der Waals surface area contributed by atoms with E-state index in [-0.39, 0.29) is 24.9 Å². The average Bonchev–Trinajstić information content (AvgIpc) is 2.79. The highest BCUT2D eigenvalue weighted by Crippen LogP contribution is 2.30. The van der Waals surface area contributed by atoms with Crippen LogP contribution < -0.4 is 10.9 Å². The predicted molar refractivity (Wildman–Crippen MR) is 97.8 cm³/mol. The maximum absolute atomic E-state index is 12.4. The summed E-state index contributed by atoms with van der Waals surface area (Å²) >= 11 is 0. The Bertz CT molecular complexity index is 770. The highest BCUT2D eigenvalue weighted by molar-refractivity contribution is 6.10. The minimum absolute atomic E-state index is 0.0503. The number of amides is 4. The first kappa shape index (κ1) is 18.6. The Balaban J connectivity index is 1.49. The van der Waals surface area contributed by atoms with E-state index in [1.807, 2.05) is 0 Å². The van der Waals surface area contributed by atoms with Crippen LogP contribution in [0.15, 0.2) is 30.8 Å². The normalized spacial score (nSPS) is 16.8. The average molecular weight is 370 g/mol. The van der Waals surface area contributed by atoms with Crippen molar-refractivity contribution in [3.8, 4) is 0 Å². The van der Waals surface area contributed by atoms with Crippen molar-refractivity contribution in [3.63, 3.8) is 0 Å². The Morgan fingerprint density at radius 3 is 2.33 bits per heavy atom. The monoisotopic (exact) mass is 370 g/mol. The zero-order chi connectivity index (χ0) is 19.4. The van der Waals surface area contributed by atoms with Crippen LogP contribution in [0.25, 0.3) is 5.70 Å². The first-order valence-corrected chi connectivity index (χ1v) is 8.93. The zero-order valence-electron chi connectivity index (χ0n) is 15.0. The van der Waals surface area contributed by atoms with Crippen LogP contribution in [0.5, 0.6) is 0 Å². The lowest BCUT2D eigenvalue weighted by Crippen LogP contribution is -2.50. The van der Waals surface area contributed by atoms with Crippen molar-refractivity contribution in [2.24, 2.45) is 0 Å². The third-order valence-corrected chi connectivity index (χ3v) is 4.69. The minimum Gasteiger partial charge on any atom is -0.333 e. The van der Waals surface area contributed by atoms with Crippen molar-refractivity contribution in [3.05, 3.63) is 42.0 Å². The summed E-state index contributed by atoms with van der Waals surface area (Å²) in [6.45, 7) is 4.05. The lowest BCUT2D eigenvalue weighted by Gasteiger charge is -2.20. The molecule has 1 saturated heterocycles. The largest absolute Gasteiger partial charge is 0.333 e. The summed E-state index contributed by atoms with van der Waals surface area (Å²) < 4.78 is 0. The van der Waals surface area contributed by atoms with Crippen molar-refractivity contribution in [1.29, 1.82) is 0 Å². The number of hydrazine groups is 1. The molecule has 0 bridgehead atoms. The number of hydrogen-bond donors (Lipinski definition) is 2. The number of rotatable bonds is 4. The Labute approximate surface area is 157 Å². The number of carbonyl (C=O) groups excluding carboxylic acids is 4. The minimum atomic E-state index is -0.548. The summed E-state index contributed by atoms with van der Waals surface area (Å²) in [5.41, 5.74) is 6.23. The summed E-state index contributed by atoms with van der Waals surface area (Å²) in [7, 11) is 0. The molecule has 3 rings (SSSR count). The fraction of sp³-hybridized carbons (Fsp3) is 0.368. The Morgan fingerprint density at radius 1 is 0.963 bits per heavy atom. The van der Waals surface area contributed by atoms with Gasteiger partial charge in [0, 0.05) is 29.8 Å². The molecular weight excluding hydrogens is 348 g/mol. The number of benzene rings is 1. The van der Waals surface area contributed by atoms with Gasteiger partial charge >= 0.3 is 0 Å². The summed E-state index contributed by atoms with van der Waals surface area (Å²) in [5.74, 6) is -1.38. The van der Waals surface area contributed by atoms with Crippen molar-refractivity contribution < 1.29 is 19.2 Å². The van der Waals surface area contributed by atoms with E-state index in [0.29, 0.717) is 29.8 Å². The Morgan fingerprint density at radius 2 is 1.63 bits per heavy atom. The summed E-state index contributed by atoms with van der Waals surface area (Å²) in [6.07, 6.45) is 3.12. The molecule has 27 heavy (non-hydrogen) atoms. The van der Waals surface area contributed by atoms with E-state index in [4.69, 9.17) is 0 Å². The molecule has 0 atom stereocenters. The van der Waals surface area contributed by atoms with E-state index >= 15 is 0 Å². The first-order chi connectivity index (χ1) is 13.0. The van der Waals surface area contributed by atoms with Crippen LogP contribution in [-0.2, 0) is 14.4 Å². The molecular formula is C19H22N4O4. The second kappa shape index (κ2) is 8.03. The number of fused-ring (bicyclic) bond motifs is 1. The van der Waals surface area contributed by atoms with Gasteiger partial charge < -0.3 is 4.90 Å². The van der Waals surface area contributed by atoms with Crippen LogP contribution in [-0.4, -0.2) is 53.1 Å². The Hall–Kier alpha value is -3.16. The molecule has 0 radical (unpaired) electrons. The van der Waals surface area contributed by atoms with Crippen LogP contribution in [0.3, 0.4) is 0 Å². The van der Waals surface area contributed by atoms with Crippen molar-refractivity contribution in [1.82, 2.24) is 20.7 Å². The van der Waals surface area contributed by atoms with Gasteiger partial charge in [-0.2, -0.15) is 0 Å². The highest BCUT2D eigenvalue weighted by Gasteiger charge is 2.32. The van der Waals surface area contributed by atoms with E-state index in [1.54, 1.807) is 24.3 Å². The number of likely N-dealkylation sites (tertiary alicyclic amines) is 1. The fourth-order valence-corrected chi connectivity index (χ4v) is 3.24. The molecule has 8 heteroatoms. The first-order valence-electron chi connectivity index (χ1n) is 8.93. The third kappa shape index (κ3) is 4.16. The molecule has 142 valence electrons. The lowest BCUT2D eigenvalue weighted by molar-refractivity contribution is -0.136. The number of nitrogens with zero attached hydrogens (tertiary/aromatic N) is 2. The van der Waals surface area contributed by atoms with Gasteiger partial charge in [-0.15, -0.1) is 0 Å². The van der Waals surface area contributed by atoms with E-state index in [1.165, 1.54) is 9.80 Å². The quantitative estimate of drug-likeness (QED) is 0.761. The molecule has 2 aliphatic heterocycles. The zero-order valence-corrected chi connectivity index (χ0v) is 15.0. The van der Waals surface area contributed by atoms with E-state index in [9.17, 15) is 19.2 Å². The van der Waals surface area contributed by atoms with Gasteiger partial charge in [-0.1, -0.05) is 31.2 Å². The van der Waals surface area contributed by atoms with Gasteiger partial charge in [0.05, 0.1) is 0 Å². The second-order valence-electron chi connectivity index (χ2n) is 6.61. The van der Waals surface area contributed by atoms with Crippen LogP contribution in [0, 0.1) is 0 Å². The van der Waals surface area contributed by atoms with Gasteiger partial charge in [-0.05, 0) is 18.9 Å². The topological polar surface area (TPSA) is 98.8 Å².